The number of thiophene rings is 1. The number of thioether (sulfide) groups is 1. The second-order valence-corrected chi connectivity index (χ2v) is 8.05. The van der Waals surface area contributed by atoms with Crippen LogP contribution >= 0.6 is 34.7 Å². The molecular formula is C17H14ClF3N4OS2. The molecule has 0 bridgehead atoms. The molecule has 0 unspecified atom stereocenters. The summed E-state index contributed by atoms with van der Waals surface area (Å²) in [5.41, 5.74) is -0.963. The van der Waals surface area contributed by atoms with Crippen molar-refractivity contribution in [2.75, 3.05) is 11.1 Å². The summed E-state index contributed by atoms with van der Waals surface area (Å²) in [6, 6.07) is 7.26. The van der Waals surface area contributed by atoms with Crippen LogP contribution in [0, 0.1) is 0 Å². The molecule has 0 saturated heterocycles. The van der Waals surface area contributed by atoms with Crippen LogP contribution in [0.25, 0.3) is 0 Å². The summed E-state index contributed by atoms with van der Waals surface area (Å²) in [4.78, 5) is 13.3. The lowest BCUT2D eigenvalue weighted by Gasteiger charge is -2.11. The minimum Gasteiger partial charge on any atom is -0.325 e. The average Bonchev–Trinajstić information content (AvgIpc) is 3.30. The Hall–Kier alpha value is -2.04. The lowest BCUT2D eigenvalue weighted by atomic mass is 10.2. The van der Waals surface area contributed by atoms with Crippen LogP contribution < -0.4 is 5.32 Å². The summed E-state index contributed by atoms with van der Waals surface area (Å²) in [6.07, 6.45) is -2.19. The molecule has 5 nitrogen and oxygen atoms in total. The van der Waals surface area contributed by atoms with Crippen LogP contribution in [0.5, 0.6) is 0 Å². The van der Waals surface area contributed by atoms with Gasteiger partial charge in [-0.05, 0) is 36.1 Å². The van der Waals surface area contributed by atoms with Gasteiger partial charge in [0.05, 0.1) is 16.3 Å². The quantitative estimate of drug-likeness (QED) is 0.520. The van der Waals surface area contributed by atoms with Crippen molar-refractivity contribution in [2.45, 2.75) is 24.3 Å². The lowest BCUT2D eigenvalue weighted by Crippen LogP contribution is -2.16. The second kappa shape index (κ2) is 8.97. The van der Waals surface area contributed by atoms with Crippen LogP contribution in [0.1, 0.15) is 10.4 Å². The van der Waals surface area contributed by atoms with E-state index in [1.807, 2.05) is 22.1 Å². The molecule has 0 aliphatic rings. The minimum absolute atomic E-state index is 0.0122. The molecule has 0 radical (unpaired) electrons. The standard InChI is InChI=1S/C17H14ClF3N4OS2/c18-14-4-3-11(8-13(14)17(19,20)21)23-15(26)9-28-16-24-22-10-25(16)6-5-12-2-1-7-27-12/h1-4,7-8,10H,5-6,9H2,(H,23,26). The van der Waals surface area contributed by atoms with Crippen molar-refractivity contribution in [2.24, 2.45) is 0 Å². The fraction of sp³-hybridized carbons (Fsp3) is 0.235. The van der Waals surface area contributed by atoms with Gasteiger partial charge in [-0.1, -0.05) is 29.4 Å². The number of amides is 1. The second-order valence-electron chi connectivity index (χ2n) is 5.67. The number of aryl methyl sites for hydroxylation is 2. The molecule has 0 atom stereocenters. The number of nitrogens with zero attached hydrogens (tertiary/aromatic N) is 3. The molecule has 1 amide bonds. The van der Waals surface area contributed by atoms with E-state index in [2.05, 4.69) is 15.5 Å². The average molecular weight is 447 g/mol. The van der Waals surface area contributed by atoms with Gasteiger partial charge in [0.1, 0.15) is 6.33 Å². The van der Waals surface area contributed by atoms with E-state index in [9.17, 15) is 18.0 Å². The van der Waals surface area contributed by atoms with Gasteiger partial charge in [-0.15, -0.1) is 21.5 Å². The first-order valence-corrected chi connectivity index (χ1v) is 10.3. The summed E-state index contributed by atoms with van der Waals surface area (Å²) in [6.45, 7) is 0.670. The van der Waals surface area contributed by atoms with Gasteiger partial charge >= 0.3 is 6.18 Å². The number of benzene rings is 1. The Morgan fingerprint density at radius 2 is 2.14 bits per heavy atom. The van der Waals surface area contributed by atoms with E-state index >= 15 is 0 Å². The predicted octanol–water partition coefficient (Wildman–Crippen LogP) is 4.99. The highest BCUT2D eigenvalue weighted by atomic mass is 35.5. The first-order chi connectivity index (χ1) is 13.3. The van der Waals surface area contributed by atoms with Crippen LogP contribution in [0.4, 0.5) is 18.9 Å². The molecule has 3 rings (SSSR count). The van der Waals surface area contributed by atoms with Gasteiger partial charge in [-0.3, -0.25) is 4.79 Å². The van der Waals surface area contributed by atoms with E-state index in [4.69, 9.17) is 11.6 Å². The molecule has 0 spiro atoms. The van der Waals surface area contributed by atoms with Crippen LogP contribution in [-0.4, -0.2) is 26.4 Å². The molecule has 11 heteroatoms. The van der Waals surface area contributed by atoms with E-state index in [1.54, 1.807) is 17.7 Å². The zero-order valence-corrected chi connectivity index (χ0v) is 16.6. The first kappa shape index (κ1) is 20.7. The molecule has 0 saturated carbocycles. The van der Waals surface area contributed by atoms with E-state index in [0.717, 1.165) is 30.3 Å². The summed E-state index contributed by atoms with van der Waals surface area (Å²) in [5, 5.41) is 12.4. The maximum absolute atomic E-state index is 12.9. The molecule has 1 N–H and O–H groups in total. The van der Waals surface area contributed by atoms with Crippen molar-refractivity contribution < 1.29 is 18.0 Å². The van der Waals surface area contributed by atoms with Crippen LogP contribution in [0.2, 0.25) is 5.02 Å². The molecular weight excluding hydrogens is 433 g/mol. The Morgan fingerprint density at radius 1 is 1.32 bits per heavy atom. The number of nitrogens with one attached hydrogen (secondary N) is 1. The van der Waals surface area contributed by atoms with Gasteiger partial charge in [0.15, 0.2) is 5.16 Å². The number of carbonyl (C=O) groups is 1. The number of anilines is 1. The third kappa shape index (κ3) is 5.49. The van der Waals surface area contributed by atoms with Gasteiger partial charge in [-0.2, -0.15) is 13.2 Å². The third-order valence-electron chi connectivity index (χ3n) is 3.65. The Labute approximate surface area is 171 Å². The first-order valence-electron chi connectivity index (χ1n) is 8.02. The van der Waals surface area contributed by atoms with Gasteiger partial charge in [0, 0.05) is 17.1 Å². The number of hydrogen-bond donors (Lipinski definition) is 1. The molecule has 2 aromatic heterocycles. The Bertz CT molecular complexity index is 944. The number of carbonyl (C=O) groups excluding carboxylic acids is 1. The van der Waals surface area contributed by atoms with E-state index in [0.29, 0.717) is 11.7 Å². The maximum Gasteiger partial charge on any atom is 0.417 e. The third-order valence-corrected chi connectivity index (χ3v) is 5.89. The molecule has 148 valence electrons. The normalized spacial score (nSPS) is 11.6. The Morgan fingerprint density at radius 3 is 2.86 bits per heavy atom. The maximum atomic E-state index is 12.9. The van der Waals surface area contributed by atoms with Crippen LogP contribution in [0.3, 0.4) is 0 Å². The lowest BCUT2D eigenvalue weighted by molar-refractivity contribution is -0.137. The van der Waals surface area contributed by atoms with Crippen molar-refractivity contribution in [3.63, 3.8) is 0 Å². The summed E-state index contributed by atoms with van der Waals surface area (Å²) >= 11 is 8.40. The van der Waals surface area contributed by atoms with Crippen LogP contribution in [0.15, 0.2) is 47.2 Å². The van der Waals surface area contributed by atoms with Crippen LogP contribution in [-0.2, 0) is 23.9 Å². The van der Waals surface area contributed by atoms with E-state index in [-0.39, 0.29) is 11.4 Å². The van der Waals surface area contributed by atoms with Crippen molar-refractivity contribution in [3.05, 3.63) is 57.5 Å². The smallest absolute Gasteiger partial charge is 0.325 e. The zero-order valence-electron chi connectivity index (χ0n) is 14.2. The highest BCUT2D eigenvalue weighted by Gasteiger charge is 2.33. The van der Waals surface area contributed by atoms with E-state index < -0.39 is 22.7 Å². The number of halogens is 4. The highest BCUT2D eigenvalue weighted by Crippen LogP contribution is 2.36. The predicted molar refractivity (Wildman–Crippen MR) is 104 cm³/mol. The zero-order chi connectivity index (χ0) is 20.1. The number of aromatic nitrogens is 3. The monoisotopic (exact) mass is 446 g/mol. The Kier molecular flexibility index (Phi) is 6.63. The fourth-order valence-electron chi connectivity index (χ4n) is 2.34. The summed E-state index contributed by atoms with van der Waals surface area (Å²) in [5.74, 6) is -0.463. The molecule has 0 aliphatic carbocycles. The summed E-state index contributed by atoms with van der Waals surface area (Å²) < 4.78 is 40.5. The van der Waals surface area contributed by atoms with Crippen molar-refractivity contribution in [1.82, 2.24) is 14.8 Å². The van der Waals surface area contributed by atoms with Crippen molar-refractivity contribution in [1.29, 1.82) is 0 Å². The van der Waals surface area contributed by atoms with Gasteiger partial charge in [-0.25, -0.2) is 0 Å². The minimum atomic E-state index is -4.59. The topological polar surface area (TPSA) is 59.8 Å². The summed E-state index contributed by atoms with van der Waals surface area (Å²) in [7, 11) is 0. The molecule has 0 fully saturated rings. The number of rotatable bonds is 7. The molecule has 28 heavy (non-hydrogen) atoms. The number of hydrogen-bond acceptors (Lipinski definition) is 5. The number of alkyl halides is 3. The molecule has 2 heterocycles. The SMILES string of the molecule is O=C(CSc1nncn1CCc1cccs1)Nc1ccc(Cl)c(C(F)(F)F)c1. The molecule has 1 aromatic carbocycles. The molecule has 0 aliphatic heterocycles. The highest BCUT2D eigenvalue weighted by molar-refractivity contribution is 7.99. The van der Waals surface area contributed by atoms with Gasteiger partial charge in [0.25, 0.3) is 0 Å². The Balaban J connectivity index is 1.56. The van der Waals surface area contributed by atoms with Gasteiger partial charge < -0.3 is 9.88 Å². The molecule has 3 aromatic rings. The fourth-order valence-corrected chi connectivity index (χ4v) is 4.01. The van der Waals surface area contributed by atoms with Crippen molar-refractivity contribution >= 4 is 46.3 Å². The van der Waals surface area contributed by atoms with Gasteiger partial charge in [0.2, 0.25) is 5.91 Å². The van der Waals surface area contributed by atoms with Crippen molar-refractivity contribution in [3.8, 4) is 0 Å². The largest absolute Gasteiger partial charge is 0.417 e. The van der Waals surface area contributed by atoms with E-state index in [1.165, 1.54) is 10.9 Å².